The van der Waals surface area contributed by atoms with Gasteiger partial charge >= 0.3 is 6.03 Å². The maximum absolute atomic E-state index is 13.9. The quantitative estimate of drug-likeness (QED) is 0.788. The van der Waals surface area contributed by atoms with Crippen LogP contribution < -0.4 is 20.7 Å². The summed E-state index contributed by atoms with van der Waals surface area (Å²) in [5.41, 5.74) is 1.35. The third-order valence-electron chi connectivity index (χ3n) is 4.09. The smallest absolute Gasteiger partial charge is 0.319 e. The van der Waals surface area contributed by atoms with E-state index in [1.807, 2.05) is 0 Å². The van der Waals surface area contributed by atoms with Gasteiger partial charge in [-0.25, -0.2) is 9.18 Å². The van der Waals surface area contributed by atoms with Crippen LogP contribution in [0.15, 0.2) is 59.8 Å². The molecule has 3 amide bonds. The minimum Gasteiger partial charge on any atom is -0.496 e. The van der Waals surface area contributed by atoms with Crippen molar-refractivity contribution in [3.63, 3.8) is 0 Å². The molecule has 1 aliphatic heterocycles. The van der Waals surface area contributed by atoms with Crippen LogP contribution in [0.1, 0.15) is 18.5 Å². The molecule has 0 fully saturated rings. The molecule has 0 saturated carbocycles. The van der Waals surface area contributed by atoms with E-state index < -0.39 is 23.8 Å². The van der Waals surface area contributed by atoms with Crippen molar-refractivity contribution < 1.29 is 18.7 Å². The molecular weight excluding hydrogens is 337 g/mol. The van der Waals surface area contributed by atoms with Crippen molar-refractivity contribution >= 4 is 17.6 Å². The zero-order valence-corrected chi connectivity index (χ0v) is 14.3. The number of anilines is 1. The van der Waals surface area contributed by atoms with Gasteiger partial charge in [0.25, 0.3) is 5.91 Å². The van der Waals surface area contributed by atoms with E-state index in [9.17, 15) is 14.0 Å². The number of amides is 3. The maximum Gasteiger partial charge on any atom is 0.319 e. The number of allylic oxidation sites excluding steroid dienone is 1. The van der Waals surface area contributed by atoms with Crippen LogP contribution in [0.4, 0.5) is 14.9 Å². The minimum absolute atomic E-state index is 0.0634. The summed E-state index contributed by atoms with van der Waals surface area (Å²) in [6, 6.07) is 11.8. The fourth-order valence-corrected chi connectivity index (χ4v) is 2.89. The van der Waals surface area contributed by atoms with Gasteiger partial charge in [-0.05, 0) is 25.1 Å². The van der Waals surface area contributed by atoms with E-state index in [4.69, 9.17) is 4.74 Å². The molecule has 2 aromatic carbocycles. The van der Waals surface area contributed by atoms with Gasteiger partial charge < -0.3 is 20.7 Å². The van der Waals surface area contributed by atoms with Crippen LogP contribution >= 0.6 is 0 Å². The number of carbonyl (C=O) groups is 2. The van der Waals surface area contributed by atoms with Gasteiger partial charge in [0.05, 0.1) is 24.4 Å². The minimum atomic E-state index is -0.730. The van der Waals surface area contributed by atoms with Gasteiger partial charge in [-0.15, -0.1) is 0 Å². The molecule has 3 N–H and O–H groups in total. The molecule has 0 spiro atoms. The first-order valence-corrected chi connectivity index (χ1v) is 7.98. The van der Waals surface area contributed by atoms with E-state index in [1.165, 1.54) is 25.3 Å². The molecule has 0 saturated heterocycles. The highest BCUT2D eigenvalue weighted by atomic mass is 19.1. The highest BCUT2D eigenvalue weighted by Gasteiger charge is 2.33. The zero-order valence-electron chi connectivity index (χ0n) is 14.3. The van der Waals surface area contributed by atoms with Gasteiger partial charge in [-0.2, -0.15) is 0 Å². The molecule has 6 nitrogen and oxygen atoms in total. The molecule has 26 heavy (non-hydrogen) atoms. The standard InChI is InChI=1S/C19H18FN3O3/c1-11-16(18(24)22-14-9-5-4-8-13(14)20)17(23-19(25)21-11)12-7-3-6-10-15(12)26-2/h3-10,17H,1-2H3,(H,22,24)(H2,21,23,25). The summed E-state index contributed by atoms with van der Waals surface area (Å²) in [5, 5.41) is 7.87. The summed E-state index contributed by atoms with van der Waals surface area (Å²) in [7, 11) is 1.51. The summed E-state index contributed by atoms with van der Waals surface area (Å²) in [4.78, 5) is 24.8. The molecular formula is C19H18FN3O3. The van der Waals surface area contributed by atoms with Gasteiger partial charge in [0, 0.05) is 11.3 Å². The number of benzene rings is 2. The molecule has 1 atom stereocenters. The topological polar surface area (TPSA) is 79.5 Å². The van der Waals surface area contributed by atoms with Crippen molar-refractivity contribution in [2.45, 2.75) is 13.0 Å². The second-order valence-electron chi connectivity index (χ2n) is 5.75. The average molecular weight is 355 g/mol. The predicted octanol–water partition coefficient (Wildman–Crippen LogP) is 3.10. The van der Waals surface area contributed by atoms with Crippen LogP contribution in [-0.2, 0) is 4.79 Å². The molecule has 7 heteroatoms. The number of methoxy groups -OCH3 is 1. The Morgan fingerprint density at radius 3 is 2.58 bits per heavy atom. The molecule has 1 heterocycles. The fourth-order valence-electron chi connectivity index (χ4n) is 2.89. The number of para-hydroxylation sites is 2. The number of ether oxygens (including phenoxy) is 1. The van der Waals surface area contributed by atoms with Gasteiger partial charge in [0.1, 0.15) is 11.6 Å². The van der Waals surface area contributed by atoms with E-state index in [-0.39, 0.29) is 11.3 Å². The van der Waals surface area contributed by atoms with Gasteiger partial charge in [0.2, 0.25) is 0 Å². The van der Waals surface area contributed by atoms with Crippen molar-refractivity contribution in [3.8, 4) is 5.75 Å². The van der Waals surface area contributed by atoms with Gasteiger partial charge in [0.15, 0.2) is 0 Å². The highest BCUT2D eigenvalue weighted by Crippen LogP contribution is 2.33. The van der Waals surface area contributed by atoms with Crippen LogP contribution in [0.3, 0.4) is 0 Å². The Hall–Kier alpha value is -3.35. The van der Waals surface area contributed by atoms with Crippen molar-refractivity contribution in [1.29, 1.82) is 0 Å². The predicted molar refractivity (Wildman–Crippen MR) is 95.1 cm³/mol. The highest BCUT2D eigenvalue weighted by molar-refractivity contribution is 6.06. The average Bonchev–Trinajstić information content (AvgIpc) is 2.62. The zero-order chi connectivity index (χ0) is 18.7. The molecule has 2 aromatic rings. The third kappa shape index (κ3) is 3.37. The Bertz CT molecular complexity index is 895. The number of hydrogen-bond acceptors (Lipinski definition) is 3. The molecule has 0 radical (unpaired) electrons. The first-order valence-electron chi connectivity index (χ1n) is 7.98. The molecule has 0 aliphatic carbocycles. The van der Waals surface area contributed by atoms with Crippen LogP contribution in [0.2, 0.25) is 0 Å². The van der Waals surface area contributed by atoms with Crippen LogP contribution in [-0.4, -0.2) is 19.0 Å². The normalized spacial score (nSPS) is 16.6. The monoisotopic (exact) mass is 355 g/mol. The Morgan fingerprint density at radius 2 is 1.85 bits per heavy atom. The second kappa shape index (κ2) is 7.26. The van der Waals surface area contributed by atoms with Gasteiger partial charge in [-0.3, -0.25) is 4.79 Å². The van der Waals surface area contributed by atoms with E-state index in [2.05, 4.69) is 16.0 Å². The lowest BCUT2D eigenvalue weighted by Crippen LogP contribution is -2.46. The number of carbonyl (C=O) groups excluding carboxylic acids is 2. The number of hydrogen-bond donors (Lipinski definition) is 3. The number of rotatable bonds is 4. The number of urea groups is 1. The van der Waals surface area contributed by atoms with Crippen molar-refractivity contribution in [2.24, 2.45) is 0 Å². The maximum atomic E-state index is 13.9. The molecule has 0 bridgehead atoms. The summed E-state index contributed by atoms with van der Waals surface area (Å²) in [6.07, 6.45) is 0. The second-order valence-corrected chi connectivity index (χ2v) is 5.75. The van der Waals surface area contributed by atoms with E-state index >= 15 is 0 Å². The molecule has 1 unspecified atom stereocenters. The first kappa shape index (κ1) is 17.5. The summed E-state index contributed by atoms with van der Waals surface area (Å²) >= 11 is 0. The Labute approximate surface area is 150 Å². The van der Waals surface area contributed by atoms with Crippen molar-refractivity contribution in [3.05, 3.63) is 71.2 Å². The number of halogens is 1. The fraction of sp³-hybridized carbons (Fsp3) is 0.158. The van der Waals surface area contributed by atoms with E-state index in [0.717, 1.165) is 0 Å². The summed E-state index contributed by atoms with van der Waals surface area (Å²) in [6.45, 7) is 1.62. The summed E-state index contributed by atoms with van der Waals surface area (Å²) in [5.74, 6) is -0.527. The first-order chi connectivity index (χ1) is 12.5. The molecule has 1 aliphatic rings. The molecule has 134 valence electrons. The van der Waals surface area contributed by atoms with Crippen LogP contribution in [0.25, 0.3) is 0 Å². The third-order valence-corrected chi connectivity index (χ3v) is 4.09. The van der Waals surface area contributed by atoms with Crippen LogP contribution in [0.5, 0.6) is 5.75 Å². The lowest BCUT2D eigenvalue weighted by molar-refractivity contribution is -0.113. The Balaban J connectivity index is 2.01. The molecule has 3 rings (SSSR count). The lowest BCUT2D eigenvalue weighted by atomic mass is 9.94. The van der Waals surface area contributed by atoms with E-state index in [1.54, 1.807) is 37.3 Å². The Kier molecular flexibility index (Phi) is 4.88. The number of nitrogens with one attached hydrogen (secondary N) is 3. The van der Waals surface area contributed by atoms with Crippen molar-refractivity contribution in [2.75, 3.05) is 12.4 Å². The molecule has 0 aromatic heterocycles. The lowest BCUT2D eigenvalue weighted by Gasteiger charge is -2.29. The van der Waals surface area contributed by atoms with Crippen LogP contribution in [0, 0.1) is 5.82 Å². The SMILES string of the molecule is COc1ccccc1C1NC(=O)NC(C)=C1C(=O)Nc1ccccc1F. The summed E-state index contributed by atoms with van der Waals surface area (Å²) < 4.78 is 19.2. The Morgan fingerprint density at radius 1 is 1.15 bits per heavy atom. The van der Waals surface area contributed by atoms with E-state index in [0.29, 0.717) is 17.0 Å². The van der Waals surface area contributed by atoms with Crippen molar-refractivity contribution in [1.82, 2.24) is 10.6 Å². The largest absolute Gasteiger partial charge is 0.496 e. The van der Waals surface area contributed by atoms with Gasteiger partial charge in [-0.1, -0.05) is 30.3 Å².